The minimum Gasteiger partial charge on any atom is -0.462 e. The zero-order valence-corrected chi connectivity index (χ0v) is 39.4. The summed E-state index contributed by atoms with van der Waals surface area (Å²) in [6.45, 7) is 3.78. The van der Waals surface area contributed by atoms with Gasteiger partial charge in [-0.25, -0.2) is 0 Å². The van der Waals surface area contributed by atoms with Gasteiger partial charge < -0.3 is 34.3 Å². The van der Waals surface area contributed by atoms with Gasteiger partial charge in [-0.3, -0.25) is 14.1 Å². The van der Waals surface area contributed by atoms with E-state index in [1.807, 2.05) is 0 Å². The molecule has 0 amide bonds. The molecule has 0 radical (unpaired) electrons. The lowest BCUT2D eigenvalue weighted by atomic mass is 10.00. The van der Waals surface area contributed by atoms with E-state index in [1.165, 1.54) is 148 Å². The summed E-state index contributed by atoms with van der Waals surface area (Å²) in [6, 6.07) is 0. The van der Waals surface area contributed by atoms with Gasteiger partial charge in [0.25, 0.3) is 10.1 Å². The van der Waals surface area contributed by atoms with Gasteiger partial charge in [0.15, 0.2) is 12.4 Å². The predicted molar refractivity (Wildman–Crippen MR) is 243 cm³/mol. The average Bonchev–Trinajstić information content (AvgIpc) is 3.22. The van der Waals surface area contributed by atoms with Crippen LogP contribution in [0.25, 0.3) is 0 Å². The number of esters is 2. The van der Waals surface area contributed by atoms with E-state index >= 15 is 0 Å². The molecule has 6 unspecified atom stereocenters. The van der Waals surface area contributed by atoms with Crippen LogP contribution in [-0.2, 0) is 38.7 Å². The lowest BCUT2D eigenvalue weighted by Crippen LogP contribution is -2.60. The van der Waals surface area contributed by atoms with E-state index in [9.17, 15) is 37.9 Å². The molecule has 0 aromatic rings. The van der Waals surface area contributed by atoms with Crippen molar-refractivity contribution >= 4 is 22.1 Å². The maximum absolute atomic E-state index is 12.8. The largest absolute Gasteiger partial charge is 0.462 e. The van der Waals surface area contributed by atoms with E-state index < -0.39 is 71.2 Å². The molecule has 1 saturated heterocycles. The van der Waals surface area contributed by atoms with Gasteiger partial charge in [0, 0.05) is 12.8 Å². The van der Waals surface area contributed by atoms with Crippen molar-refractivity contribution < 1.29 is 56.8 Å². The quantitative estimate of drug-likeness (QED) is 0.0197. The average molecular weight is 891 g/mol. The topological polar surface area (TPSA) is 186 Å². The highest BCUT2D eigenvalue weighted by atomic mass is 32.2. The van der Waals surface area contributed by atoms with Crippen LogP contribution in [0, 0.1) is 0 Å². The van der Waals surface area contributed by atoms with Gasteiger partial charge in [0.1, 0.15) is 36.8 Å². The molecule has 13 heteroatoms. The Hall–Kier alpha value is -1.61. The van der Waals surface area contributed by atoms with E-state index in [4.69, 9.17) is 18.9 Å². The molecule has 0 aliphatic carbocycles. The van der Waals surface area contributed by atoms with Crippen molar-refractivity contribution in [3.63, 3.8) is 0 Å². The van der Waals surface area contributed by atoms with Crippen molar-refractivity contribution in [2.45, 2.75) is 263 Å². The molecule has 1 heterocycles. The molecule has 4 N–H and O–H groups in total. The normalized spacial score (nSPS) is 20.0. The number of carbonyl (C=O) groups excluding carboxylic acids is 2. The fourth-order valence-corrected chi connectivity index (χ4v) is 8.42. The first-order valence-electron chi connectivity index (χ1n) is 24.7. The smallest absolute Gasteiger partial charge is 0.306 e. The third-order valence-electron chi connectivity index (χ3n) is 11.6. The van der Waals surface area contributed by atoms with E-state index in [0.717, 1.165) is 38.5 Å². The number of ether oxygens (including phenoxy) is 4. The number of aliphatic hydroxyl groups is 3. The molecular formula is C48H90O12S. The molecule has 61 heavy (non-hydrogen) atoms. The van der Waals surface area contributed by atoms with Crippen molar-refractivity contribution in [2.24, 2.45) is 0 Å². The summed E-state index contributed by atoms with van der Waals surface area (Å²) in [5, 5.41) is 30.9. The molecule has 1 aliphatic rings. The van der Waals surface area contributed by atoms with Gasteiger partial charge in [-0.1, -0.05) is 187 Å². The fraction of sp³-hybridized carbons (Fsp3) is 0.917. The molecule has 0 aromatic heterocycles. The summed E-state index contributed by atoms with van der Waals surface area (Å²) in [5.74, 6) is -1.97. The Labute approximate surface area is 371 Å². The monoisotopic (exact) mass is 891 g/mol. The van der Waals surface area contributed by atoms with Crippen LogP contribution in [-0.4, -0.2) is 96.0 Å². The lowest BCUT2D eigenvalue weighted by molar-refractivity contribution is -0.297. The Bertz CT molecular complexity index is 1180. The second kappa shape index (κ2) is 38.8. The molecule has 0 saturated carbocycles. The third-order valence-corrected chi connectivity index (χ3v) is 12.3. The number of rotatable bonds is 42. The molecule has 6 atom stereocenters. The van der Waals surface area contributed by atoms with Gasteiger partial charge in [0.05, 0.1) is 6.61 Å². The molecule has 0 bridgehead atoms. The number of aliphatic hydroxyl groups excluding tert-OH is 3. The first kappa shape index (κ1) is 57.4. The Morgan fingerprint density at radius 1 is 0.541 bits per heavy atom. The van der Waals surface area contributed by atoms with Crippen LogP contribution in [0.3, 0.4) is 0 Å². The number of hydrogen-bond acceptors (Lipinski definition) is 11. The van der Waals surface area contributed by atoms with E-state index in [1.54, 1.807) is 0 Å². The Morgan fingerprint density at radius 3 is 1.36 bits per heavy atom. The minimum atomic E-state index is -4.60. The van der Waals surface area contributed by atoms with Crippen molar-refractivity contribution in [2.75, 3.05) is 19.0 Å². The summed E-state index contributed by atoms with van der Waals surface area (Å²) in [6.07, 6.45) is 32.5. The van der Waals surface area contributed by atoms with Crippen LogP contribution in [0.15, 0.2) is 12.2 Å². The first-order chi connectivity index (χ1) is 29.5. The predicted octanol–water partition coefficient (Wildman–Crippen LogP) is 10.6. The van der Waals surface area contributed by atoms with E-state index in [0.29, 0.717) is 12.8 Å². The molecule has 12 nitrogen and oxygen atoms in total. The molecule has 0 spiro atoms. The summed E-state index contributed by atoms with van der Waals surface area (Å²) in [7, 11) is -4.60. The summed E-state index contributed by atoms with van der Waals surface area (Å²) in [4.78, 5) is 25.5. The van der Waals surface area contributed by atoms with Crippen molar-refractivity contribution in [3.05, 3.63) is 12.2 Å². The second-order valence-corrected chi connectivity index (χ2v) is 19.0. The number of carbonyl (C=O) groups is 2. The maximum Gasteiger partial charge on any atom is 0.306 e. The van der Waals surface area contributed by atoms with Crippen LogP contribution in [0.1, 0.15) is 226 Å². The van der Waals surface area contributed by atoms with Crippen LogP contribution >= 0.6 is 0 Å². The molecule has 360 valence electrons. The van der Waals surface area contributed by atoms with Gasteiger partial charge >= 0.3 is 11.9 Å². The van der Waals surface area contributed by atoms with E-state index in [-0.39, 0.29) is 19.4 Å². The highest BCUT2D eigenvalue weighted by Crippen LogP contribution is 2.24. The van der Waals surface area contributed by atoms with Crippen LogP contribution in [0.2, 0.25) is 0 Å². The summed E-state index contributed by atoms with van der Waals surface area (Å²) in [5.41, 5.74) is 0. The van der Waals surface area contributed by atoms with E-state index in [2.05, 4.69) is 26.0 Å². The highest BCUT2D eigenvalue weighted by Gasteiger charge is 2.46. The van der Waals surface area contributed by atoms with Gasteiger partial charge in [-0.05, 0) is 38.5 Å². The zero-order chi connectivity index (χ0) is 44.8. The molecular weight excluding hydrogens is 801 g/mol. The number of allylic oxidation sites excluding steroid dienone is 2. The minimum absolute atomic E-state index is 0.166. The molecule has 1 fully saturated rings. The van der Waals surface area contributed by atoms with Crippen LogP contribution in [0.5, 0.6) is 0 Å². The second-order valence-electron chi connectivity index (χ2n) is 17.5. The lowest BCUT2D eigenvalue weighted by Gasteiger charge is -2.40. The Balaban J connectivity index is 2.39. The fourth-order valence-electron chi connectivity index (χ4n) is 7.73. The Kier molecular flexibility index (Phi) is 36.5. The van der Waals surface area contributed by atoms with Crippen LogP contribution < -0.4 is 0 Å². The van der Waals surface area contributed by atoms with Gasteiger partial charge in [-0.15, -0.1) is 0 Å². The number of hydrogen-bond donors (Lipinski definition) is 4. The summed E-state index contributed by atoms with van der Waals surface area (Å²) >= 11 is 0. The van der Waals surface area contributed by atoms with Crippen molar-refractivity contribution in [3.8, 4) is 0 Å². The molecule has 1 rings (SSSR count). The third kappa shape index (κ3) is 33.6. The van der Waals surface area contributed by atoms with Gasteiger partial charge in [0.2, 0.25) is 0 Å². The molecule has 0 aromatic carbocycles. The zero-order valence-electron chi connectivity index (χ0n) is 38.5. The van der Waals surface area contributed by atoms with Crippen LogP contribution in [0.4, 0.5) is 0 Å². The standard InChI is InChI=1S/C48H90O12S/c1-3-5-7-9-11-13-15-17-19-20-21-22-23-25-27-29-31-33-35-37-44(50)59-41(39-58-48-47(53)46(52)45(51)42(60-48)40-61(54,55)56)38-57-43(49)36-34-32-30-28-26-24-18-16-14-12-10-8-6-4-2/h17,19,41-42,45-48,51-53H,3-16,18,20-40H2,1-2H3,(H,54,55,56)/b19-17-. The number of unbranched alkanes of at least 4 members (excludes halogenated alkanes) is 28. The van der Waals surface area contributed by atoms with Crippen molar-refractivity contribution in [1.82, 2.24) is 0 Å². The first-order valence-corrected chi connectivity index (χ1v) is 26.4. The van der Waals surface area contributed by atoms with Crippen molar-refractivity contribution in [1.29, 1.82) is 0 Å². The maximum atomic E-state index is 12.8. The molecule has 1 aliphatic heterocycles. The SMILES string of the molecule is CCCCCCCC/C=C\CCCCCCCCCCCC(=O)OC(COC(=O)CCCCCCCCCCCCCCCC)COC1OC(CS(=O)(=O)O)C(O)C(O)C1O. The van der Waals surface area contributed by atoms with Gasteiger partial charge in [-0.2, -0.15) is 8.42 Å². The highest BCUT2D eigenvalue weighted by molar-refractivity contribution is 7.85. The Morgan fingerprint density at radius 2 is 0.934 bits per heavy atom. The summed E-state index contributed by atoms with van der Waals surface area (Å²) < 4.78 is 54.2.